The second-order valence-electron chi connectivity index (χ2n) is 2.18. The number of aryl methyl sites for hydroxylation is 1. The molecule has 11 heavy (non-hydrogen) atoms. The maximum atomic E-state index is 4.06. The van der Waals surface area contributed by atoms with Gasteiger partial charge in [-0.05, 0) is 0 Å². The minimum atomic E-state index is 0.623. The van der Waals surface area contributed by atoms with Crippen LogP contribution in [0.5, 0.6) is 0 Å². The molecule has 0 spiro atoms. The third kappa shape index (κ3) is 1.000. The summed E-state index contributed by atoms with van der Waals surface area (Å²) in [5.41, 5.74) is 0. The summed E-state index contributed by atoms with van der Waals surface area (Å²) in [5.74, 6) is 1.32. The zero-order chi connectivity index (χ0) is 7.68. The van der Waals surface area contributed by atoms with Crippen molar-refractivity contribution in [3.05, 3.63) is 18.7 Å². The summed E-state index contributed by atoms with van der Waals surface area (Å²) >= 11 is 0. The van der Waals surface area contributed by atoms with Crippen molar-refractivity contribution >= 4 is 0 Å². The molecule has 0 aromatic carbocycles. The molecule has 0 atom stereocenters. The molecule has 0 aliphatic carbocycles. The summed E-state index contributed by atoms with van der Waals surface area (Å²) in [4.78, 5) is 10.9. The van der Waals surface area contributed by atoms with Crippen LogP contribution in [0.4, 0.5) is 0 Å². The fourth-order valence-corrected chi connectivity index (χ4v) is 0.835. The molecule has 2 aromatic heterocycles. The van der Waals surface area contributed by atoms with E-state index < -0.39 is 0 Å². The standard InChI is InChI=1S/C6H7N5/c1-11-4-9-6(10-11)5-7-2-3-8-5/h2-4H,1H3,(H,7,8). The van der Waals surface area contributed by atoms with Gasteiger partial charge in [-0.2, -0.15) is 0 Å². The Morgan fingerprint density at radius 3 is 2.91 bits per heavy atom. The minimum Gasteiger partial charge on any atom is -0.342 e. The van der Waals surface area contributed by atoms with Crippen molar-refractivity contribution in [2.75, 3.05) is 0 Å². The fraction of sp³-hybridized carbons (Fsp3) is 0.167. The molecule has 0 aliphatic rings. The van der Waals surface area contributed by atoms with Crippen LogP contribution < -0.4 is 0 Å². The first-order valence-electron chi connectivity index (χ1n) is 3.21. The molecule has 2 heterocycles. The molecule has 0 fully saturated rings. The number of hydrogen-bond acceptors (Lipinski definition) is 3. The van der Waals surface area contributed by atoms with Crippen molar-refractivity contribution in [1.82, 2.24) is 24.7 Å². The number of aromatic nitrogens is 5. The molecule has 0 aliphatic heterocycles. The van der Waals surface area contributed by atoms with Crippen LogP contribution in [0.3, 0.4) is 0 Å². The van der Waals surface area contributed by atoms with Crippen LogP contribution in [-0.4, -0.2) is 24.7 Å². The van der Waals surface area contributed by atoms with Gasteiger partial charge in [0.15, 0.2) is 5.82 Å². The Kier molecular flexibility index (Phi) is 1.21. The van der Waals surface area contributed by atoms with Gasteiger partial charge in [0, 0.05) is 19.4 Å². The van der Waals surface area contributed by atoms with E-state index in [2.05, 4.69) is 20.1 Å². The van der Waals surface area contributed by atoms with Crippen LogP contribution in [0.1, 0.15) is 0 Å². The Bertz CT molecular complexity index is 333. The molecule has 5 heteroatoms. The number of nitrogens with zero attached hydrogens (tertiary/aromatic N) is 4. The molecule has 0 unspecified atom stereocenters. The lowest BCUT2D eigenvalue weighted by Gasteiger charge is -1.84. The minimum absolute atomic E-state index is 0.623. The number of aromatic amines is 1. The lowest BCUT2D eigenvalue weighted by Crippen LogP contribution is -1.88. The van der Waals surface area contributed by atoms with Crippen LogP contribution >= 0.6 is 0 Å². The molecule has 0 amide bonds. The van der Waals surface area contributed by atoms with Crippen LogP contribution in [0.25, 0.3) is 11.6 Å². The van der Waals surface area contributed by atoms with Gasteiger partial charge in [0.1, 0.15) is 6.33 Å². The SMILES string of the molecule is Cn1cnc(-c2ncc[nH]2)n1. The average Bonchev–Trinajstić information content (AvgIpc) is 2.55. The van der Waals surface area contributed by atoms with Crippen molar-refractivity contribution < 1.29 is 0 Å². The maximum absolute atomic E-state index is 4.06. The quantitative estimate of drug-likeness (QED) is 0.630. The van der Waals surface area contributed by atoms with Gasteiger partial charge in [0.2, 0.25) is 5.82 Å². The second-order valence-corrected chi connectivity index (χ2v) is 2.18. The fourth-order valence-electron chi connectivity index (χ4n) is 0.835. The van der Waals surface area contributed by atoms with Gasteiger partial charge in [-0.1, -0.05) is 0 Å². The molecular formula is C6H7N5. The molecule has 2 aromatic rings. The Hall–Kier alpha value is -1.65. The summed E-state index contributed by atoms with van der Waals surface area (Å²) in [6.45, 7) is 0. The molecule has 0 radical (unpaired) electrons. The highest BCUT2D eigenvalue weighted by Gasteiger charge is 2.02. The summed E-state index contributed by atoms with van der Waals surface area (Å²) < 4.78 is 1.64. The lowest BCUT2D eigenvalue weighted by molar-refractivity contribution is 0.767. The van der Waals surface area contributed by atoms with Gasteiger partial charge in [0.05, 0.1) is 0 Å². The van der Waals surface area contributed by atoms with E-state index in [1.54, 1.807) is 23.4 Å². The first-order valence-corrected chi connectivity index (χ1v) is 3.21. The highest BCUT2D eigenvalue weighted by atomic mass is 15.3. The van der Waals surface area contributed by atoms with Gasteiger partial charge >= 0.3 is 0 Å². The first-order chi connectivity index (χ1) is 5.36. The van der Waals surface area contributed by atoms with E-state index in [0.717, 1.165) is 0 Å². The number of H-pyrrole nitrogens is 1. The predicted molar refractivity (Wildman–Crippen MR) is 38.6 cm³/mol. The molecule has 0 saturated carbocycles. The average molecular weight is 149 g/mol. The number of imidazole rings is 1. The normalized spacial score (nSPS) is 10.3. The van der Waals surface area contributed by atoms with E-state index in [4.69, 9.17) is 0 Å². The van der Waals surface area contributed by atoms with Crippen molar-refractivity contribution in [2.24, 2.45) is 7.05 Å². The van der Waals surface area contributed by atoms with Gasteiger partial charge in [-0.15, -0.1) is 5.10 Å². The number of rotatable bonds is 1. The highest BCUT2D eigenvalue weighted by molar-refractivity contribution is 5.40. The Morgan fingerprint density at radius 2 is 2.36 bits per heavy atom. The van der Waals surface area contributed by atoms with Crippen molar-refractivity contribution in [2.45, 2.75) is 0 Å². The van der Waals surface area contributed by atoms with Crippen LogP contribution in [0.2, 0.25) is 0 Å². The predicted octanol–water partition coefficient (Wildman–Crippen LogP) is 0.205. The summed E-state index contributed by atoms with van der Waals surface area (Å²) in [6, 6.07) is 0. The van der Waals surface area contributed by atoms with Crippen molar-refractivity contribution in [1.29, 1.82) is 0 Å². The topological polar surface area (TPSA) is 59.4 Å². The monoisotopic (exact) mass is 149 g/mol. The summed E-state index contributed by atoms with van der Waals surface area (Å²) in [6.07, 6.45) is 5.05. The van der Waals surface area contributed by atoms with Gasteiger partial charge in [-0.25, -0.2) is 9.97 Å². The van der Waals surface area contributed by atoms with E-state index in [-0.39, 0.29) is 0 Å². The second kappa shape index (κ2) is 2.19. The Morgan fingerprint density at radius 1 is 1.45 bits per heavy atom. The van der Waals surface area contributed by atoms with Gasteiger partial charge < -0.3 is 4.98 Å². The first kappa shape index (κ1) is 6.09. The largest absolute Gasteiger partial charge is 0.342 e. The number of nitrogens with one attached hydrogen (secondary N) is 1. The third-order valence-electron chi connectivity index (χ3n) is 1.31. The Labute approximate surface area is 63.1 Å². The van der Waals surface area contributed by atoms with Gasteiger partial charge in [0.25, 0.3) is 0 Å². The highest BCUT2D eigenvalue weighted by Crippen LogP contribution is 2.04. The van der Waals surface area contributed by atoms with E-state index in [0.29, 0.717) is 11.6 Å². The lowest BCUT2D eigenvalue weighted by atomic mass is 10.6. The number of hydrogen-bond donors (Lipinski definition) is 1. The summed E-state index contributed by atoms with van der Waals surface area (Å²) in [7, 11) is 1.82. The van der Waals surface area contributed by atoms with Gasteiger partial charge in [-0.3, -0.25) is 4.68 Å². The van der Waals surface area contributed by atoms with Crippen LogP contribution in [-0.2, 0) is 7.05 Å². The van der Waals surface area contributed by atoms with Crippen molar-refractivity contribution in [3.63, 3.8) is 0 Å². The maximum Gasteiger partial charge on any atom is 0.216 e. The molecular weight excluding hydrogens is 142 g/mol. The molecule has 0 saturated heterocycles. The van der Waals surface area contributed by atoms with Crippen LogP contribution in [0.15, 0.2) is 18.7 Å². The van der Waals surface area contributed by atoms with Crippen LogP contribution in [0, 0.1) is 0 Å². The van der Waals surface area contributed by atoms with E-state index in [1.807, 2.05) is 7.05 Å². The summed E-state index contributed by atoms with van der Waals surface area (Å²) in [5, 5.41) is 4.06. The van der Waals surface area contributed by atoms with E-state index >= 15 is 0 Å². The molecule has 5 nitrogen and oxygen atoms in total. The zero-order valence-corrected chi connectivity index (χ0v) is 6.02. The molecule has 56 valence electrons. The smallest absolute Gasteiger partial charge is 0.216 e. The van der Waals surface area contributed by atoms with E-state index in [9.17, 15) is 0 Å². The molecule has 1 N–H and O–H groups in total. The van der Waals surface area contributed by atoms with E-state index in [1.165, 1.54) is 0 Å². The zero-order valence-electron chi connectivity index (χ0n) is 6.02. The molecule has 0 bridgehead atoms. The van der Waals surface area contributed by atoms with Crippen molar-refractivity contribution in [3.8, 4) is 11.6 Å². The third-order valence-corrected chi connectivity index (χ3v) is 1.31. The Balaban J connectivity index is 2.45. The molecule has 2 rings (SSSR count).